The number of carbonyl (C=O) groups excluding carboxylic acids is 2. The van der Waals surface area contributed by atoms with Crippen molar-refractivity contribution in [2.75, 3.05) is 23.8 Å². The number of thioether (sulfide) groups is 1. The van der Waals surface area contributed by atoms with E-state index in [4.69, 9.17) is 14.6 Å². The maximum absolute atomic E-state index is 12.5. The van der Waals surface area contributed by atoms with Crippen molar-refractivity contribution in [2.45, 2.75) is 24.0 Å². The molecule has 8 nitrogen and oxygen atoms in total. The molecule has 0 aliphatic carbocycles. The maximum Gasteiger partial charge on any atom is 0.331 e. The average molecular weight is 442 g/mol. The van der Waals surface area contributed by atoms with Gasteiger partial charge in [0.2, 0.25) is 11.8 Å². The van der Waals surface area contributed by atoms with Crippen molar-refractivity contribution in [3.63, 3.8) is 0 Å². The van der Waals surface area contributed by atoms with Crippen LogP contribution in [0.15, 0.2) is 59.0 Å². The fourth-order valence-electron chi connectivity index (χ4n) is 2.68. The first-order valence-corrected chi connectivity index (χ1v) is 10.4. The van der Waals surface area contributed by atoms with Crippen molar-refractivity contribution in [2.24, 2.45) is 0 Å². The van der Waals surface area contributed by atoms with E-state index in [9.17, 15) is 14.4 Å². The number of benzene rings is 2. The number of fused-ring (bicyclic) bond motifs is 1. The van der Waals surface area contributed by atoms with Gasteiger partial charge < -0.3 is 25.2 Å². The molecule has 162 valence electrons. The Balaban J connectivity index is 1.54. The van der Waals surface area contributed by atoms with Crippen LogP contribution in [0.5, 0.6) is 11.5 Å². The highest BCUT2D eigenvalue weighted by molar-refractivity contribution is 8.00. The monoisotopic (exact) mass is 442 g/mol. The van der Waals surface area contributed by atoms with Gasteiger partial charge in [0.1, 0.15) is 13.2 Å². The predicted octanol–water partition coefficient (Wildman–Crippen LogP) is 3.55. The van der Waals surface area contributed by atoms with E-state index in [0.29, 0.717) is 36.1 Å². The number of carboxylic acid groups (broad SMARTS) is 1. The highest BCUT2D eigenvalue weighted by Crippen LogP contribution is 2.33. The third-order valence-electron chi connectivity index (χ3n) is 4.30. The van der Waals surface area contributed by atoms with Gasteiger partial charge in [0, 0.05) is 34.0 Å². The van der Waals surface area contributed by atoms with Crippen molar-refractivity contribution < 1.29 is 29.0 Å². The number of anilines is 2. The van der Waals surface area contributed by atoms with Crippen molar-refractivity contribution in [1.82, 2.24) is 0 Å². The minimum Gasteiger partial charge on any atom is -0.486 e. The lowest BCUT2D eigenvalue weighted by molar-refractivity contribution is -0.132. The third-order valence-corrected chi connectivity index (χ3v) is 5.41. The summed E-state index contributed by atoms with van der Waals surface area (Å²) in [7, 11) is 0. The fraction of sp³-hybridized carbons (Fsp3) is 0.227. The smallest absolute Gasteiger partial charge is 0.331 e. The zero-order valence-corrected chi connectivity index (χ0v) is 17.8. The Labute approximate surface area is 183 Å². The van der Waals surface area contributed by atoms with Crippen LogP contribution in [0.2, 0.25) is 0 Å². The topological polar surface area (TPSA) is 114 Å². The molecule has 2 aromatic rings. The first-order valence-electron chi connectivity index (χ1n) is 9.51. The molecule has 2 amide bonds. The van der Waals surface area contributed by atoms with Crippen molar-refractivity contribution in [3.05, 3.63) is 54.1 Å². The van der Waals surface area contributed by atoms with E-state index in [2.05, 4.69) is 10.6 Å². The molecule has 0 unspecified atom stereocenters. The summed E-state index contributed by atoms with van der Waals surface area (Å²) >= 11 is 1.37. The molecule has 9 heteroatoms. The number of rotatable bonds is 7. The second-order valence-electron chi connectivity index (χ2n) is 6.75. The number of aliphatic carboxylic acids is 1. The Bertz CT molecular complexity index is 1020. The van der Waals surface area contributed by atoms with Crippen LogP contribution < -0.4 is 20.1 Å². The summed E-state index contributed by atoms with van der Waals surface area (Å²) in [5.41, 5.74) is 1.10. The van der Waals surface area contributed by atoms with E-state index >= 15 is 0 Å². The number of nitrogens with one attached hydrogen (secondary N) is 2. The molecule has 3 N–H and O–H groups in total. The molecule has 0 aromatic heterocycles. The quantitative estimate of drug-likeness (QED) is 0.444. The van der Waals surface area contributed by atoms with E-state index in [1.54, 1.807) is 49.4 Å². The molecule has 1 aliphatic heterocycles. The first kappa shape index (κ1) is 22.2. The van der Waals surface area contributed by atoms with Crippen LogP contribution in [0.1, 0.15) is 13.8 Å². The lowest BCUT2D eigenvalue weighted by Crippen LogP contribution is -2.22. The largest absolute Gasteiger partial charge is 0.486 e. The molecule has 1 atom stereocenters. The summed E-state index contributed by atoms with van der Waals surface area (Å²) in [6.45, 7) is 4.13. The summed E-state index contributed by atoms with van der Waals surface area (Å²) in [5.74, 6) is -0.561. The van der Waals surface area contributed by atoms with Gasteiger partial charge in [-0.05, 0) is 50.2 Å². The summed E-state index contributed by atoms with van der Waals surface area (Å²) in [6, 6.07) is 12.2. The van der Waals surface area contributed by atoms with Gasteiger partial charge in [-0.15, -0.1) is 11.8 Å². The Morgan fingerprint density at radius 1 is 1.00 bits per heavy atom. The van der Waals surface area contributed by atoms with Crippen LogP contribution >= 0.6 is 11.8 Å². The predicted molar refractivity (Wildman–Crippen MR) is 118 cm³/mol. The normalized spacial score (nSPS) is 13.8. The molecular formula is C22H22N2O6S. The summed E-state index contributed by atoms with van der Waals surface area (Å²) in [4.78, 5) is 36.0. The lowest BCUT2D eigenvalue weighted by atomic mass is 10.2. The van der Waals surface area contributed by atoms with Gasteiger partial charge in [0.05, 0.1) is 5.25 Å². The third kappa shape index (κ3) is 6.26. The van der Waals surface area contributed by atoms with E-state index in [1.807, 2.05) is 0 Å². The van der Waals surface area contributed by atoms with Gasteiger partial charge in [0.25, 0.3) is 0 Å². The molecule has 3 rings (SSSR count). The van der Waals surface area contributed by atoms with Gasteiger partial charge >= 0.3 is 5.97 Å². The van der Waals surface area contributed by atoms with Crippen molar-refractivity contribution in [3.8, 4) is 11.5 Å². The fourth-order valence-corrected chi connectivity index (χ4v) is 3.54. The number of carbonyl (C=O) groups is 3. The lowest BCUT2D eigenvalue weighted by Gasteiger charge is -2.19. The van der Waals surface area contributed by atoms with Crippen LogP contribution in [-0.2, 0) is 14.4 Å². The van der Waals surface area contributed by atoms with Gasteiger partial charge in [-0.2, -0.15) is 0 Å². The second-order valence-corrected chi connectivity index (χ2v) is 8.17. The highest BCUT2D eigenvalue weighted by Gasteiger charge is 2.17. The number of carboxylic acids is 1. The number of hydrogen-bond acceptors (Lipinski definition) is 6. The van der Waals surface area contributed by atoms with Crippen LogP contribution in [0, 0.1) is 0 Å². The molecule has 0 bridgehead atoms. The van der Waals surface area contributed by atoms with Crippen LogP contribution in [-0.4, -0.2) is 41.4 Å². The first-order chi connectivity index (χ1) is 14.8. The van der Waals surface area contributed by atoms with Gasteiger partial charge in [0.15, 0.2) is 11.5 Å². The molecule has 0 radical (unpaired) electrons. The number of ether oxygens (including phenoxy) is 2. The maximum atomic E-state index is 12.5. The SMILES string of the molecule is C/C(=C\C(=O)Nc1ccc(S[C@@H](C)C(=O)Nc2ccc3c(c2)OCCO3)cc1)C(=O)O. The Hall–Kier alpha value is -3.46. The second kappa shape index (κ2) is 10.0. The van der Waals surface area contributed by atoms with Gasteiger partial charge in [-0.3, -0.25) is 9.59 Å². The van der Waals surface area contributed by atoms with Crippen LogP contribution in [0.3, 0.4) is 0 Å². The summed E-state index contributed by atoms with van der Waals surface area (Å²) in [5, 5.41) is 13.9. The highest BCUT2D eigenvalue weighted by atomic mass is 32.2. The molecule has 0 spiro atoms. The van der Waals surface area contributed by atoms with Crippen LogP contribution in [0.4, 0.5) is 11.4 Å². The molecule has 0 fully saturated rings. The van der Waals surface area contributed by atoms with Crippen molar-refractivity contribution >= 4 is 40.9 Å². The standard InChI is InChI=1S/C22H22N2O6S/c1-13(22(27)28)11-20(25)23-15-3-6-17(7-4-15)31-14(2)21(26)24-16-5-8-18-19(12-16)30-10-9-29-18/h3-8,11-12,14H,9-10H2,1-2H3,(H,23,25)(H,24,26)(H,27,28)/b13-11+/t14-/m0/s1. The molecule has 31 heavy (non-hydrogen) atoms. The minimum absolute atomic E-state index is 0.0532. The molecule has 0 saturated carbocycles. The van der Waals surface area contributed by atoms with Crippen molar-refractivity contribution in [1.29, 1.82) is 0 Å². The van der Waals surface area contributed by atoms with Gasteiger partial charge in [-0.25, -0.2) is 4.79 Å². The Kier molecular flexibility index (Phi) is 7.19. The summed E-state index contributed by atoms with van der Waals surface area (Å²) < 4.78 is 11.0. The van der Waals surface area contributed by atoms with Crippen LogP contribution in [0.25, 0.3) is 0 Å². The average Bonchev–Trinajstić information content (AvgIpc) is 2.74. The molecule has 2 aromatic carbocycles. The molecule has 1 heterocycles. The molecular weight excluding hydrogens is 420 g/mol. The summed E-state index contributed by atoms with van der Waals surface area (Å²) in [6.07, 6.45) is 1.02. The number of amides is 2. The zero-order chi connectivity index (χ0) is 22.4. The van der Waals surface area contributed by atoms with Gasteiger partial charge in [-0.1, -0.05) is 0 Å². The zero-order valence-electron chi connectivity index (χ0n) is 17.0. The van der Waals surface area contributed by atoms with E-state index in [0.717, 1.165) is 11.0 Å². The Morgan fingerprint density at radius 3 is 2.32 bits per heavy atom. The molecule has 0 saturated heterocycles. The van der Waals surface area contributed by atoms with E-state index < -0.39 is 11.9 Å². The minimum atomic E-state index is -1.15. The van der Waals surface area contributed by atoms with E-state index in [1.165, 1.54) is 18.7 Å². The Morgan fingerprint density at radius 2 is 1.65 bits per heavy atom. The number of hydrogen-bond donors (Lipinski definition) is 3. The molecule has 1 aliphatic rings. The van der Waals surface area contributed by atoms with E-state index in [-0.39, 0.29) is 16.7 Å².